The molecule has 0 radical (unpaired) electrons. The Balaban J connectivity index is 1.82. The molecule has 2 aromatic heterocycles. The van der Waals surface area contributed by atoms with Gasteiger partial charge in [-0.15, -0.1) is 0 Å². The Morgan fingerprint density at radius 1 is 1.19 bits per heavy atom. The maximum Gasteiger partial charge on any atom is 0.258 e. The smallest absolute Gasteiger partial charge is 0.258 e. The average Bonchev–Trinajstić information content (AvgIpc) is 3.17. The van der Waals surface area contributed by atoms with E-state index in [-0.39, 0.29) is 5.92 Å². The number of rotatable bonds is 2. The van der Waals surface area contributed by atoms with Gasteiger partial charge in [0, 0.05) is 23.6 Å². The van der Waals surface area contributed by atoms with Crippen LogP contribution < -0.4 is 0 Å². The van der Waals surface area contributed by atoms with Gasteiger partial charge in [-0.1, -0.05) is 23.4 Å². The predicted octanol–water partition coefficient (Wildman–Crippen LogP) is 3.10. The van der Waals surface area contributed by atoms with E-state index in [1.165, 1.54) is 0 Å². The fourth-order valence-corrected chi connectivity index (χ4v) is 2.73. The molecule has 1 atom stereocenters. The van der Waals surface area contributed by atoms with Gasteiger partial charge in [-0.2, -0.15) is 4.98 Å². The number of benzene rings is 1. The summed E-state index contributed by atoms with van der Waals surface area (Å²) in [7, 11) is 0. The first-order valence-electron chi connectivity index (χ1n) is 7.09. The molecular weight excluding hydrogens is 266 g/mol. The van der Waals surface area contributed by atoms with Crippen LogP contribution in [0.1, 0.15) is 23.9 Å². The number of fused-ring (bicyclic) bond motifs is 1. The van der Waals surface area contributed by atoms with E-state index >= 15 is 0 Å². The predicted molar refractivity (Wildman–Crippen MR) is 77.9 cm³/mol. The third kappa shape index (κ3) is 2.19. The molecule has 106 valence electrons. The highest BCUT2D eigenvalue weighted by molar-refractivity contribution is 5.92. The van der Waals surface area contributed by atoms with Crippen molar-refractivity contribution in [3.05, 3.63) is 41.9 Å². The highest BCUT2D eigenvalue weighted by Crippen LogP contribution is 2.30. The van der Waals surface area contributed by atoms with Crippen molar-refractivity contribution in [2.45, 2.75) is 19.3 Å². The van der Waals surface area contributed by atoms with Gasteiger partial charge in [0.2, 0.25) is 0 Å². The lowest BCUT2D eigenvalue weighted by Crippen LogP contribution is -1.99. The minimum atomic E-state index is 0.247. The molecule has 1 fully saturated rings. The van der Waals surface area contributed by atoms with Gasteiger partial charge >= 0.3 is 0 Å². The molecule has 0 aliphatic carbocycles. The third-order valence-corrected chi connectivity index (χ3v) is 3.81. The van der Waals surface area contributed by atoms with E-state index in [0.29, 0.717) is 12.5 Å². The molecule has 0 N–H and O–H groups in total. The van der Waals surface area contributed by atoms with Crippen molar-refractivity contribution in [3.8, 4) is 11.5 Å². The standard InChI is InChI=1S/C16H15N3O2/c1-10-8-13(12-4-2-3-5-14(12)17-10)16-18-15(19-21-16)11-6-7-20-9-11/h2-5,8,11H,6-7,9H2,1H3/t11-/m1/s1. The second-order valence-corrected chi connectivity index (χ2v) is 5.35. The molecule has 1 aliphatic heterocycles. The van der Waals surface area contributed by atoms with Crippen LogP contribution >= 0.6 is 0 Å². The second kappa shape index (κ2) is 4.93. The van der Waals surface area contributed by atoms with Crippen LogP contribution in [0, 0.1) is 6.92 Å². The van der Waals surface area contributed by atoms with Gasteiger partial charge in [0.1, 0.15) is 0 Å². The summed E-state index contributed by atoms with van der Waals surface area (Å²) in [5, 5.41) is 5.15. The van der Waals surface area contributed by atoms with Gasteiger partial charge in [-0.25, -0.2) is 0 Å². The van der Waals surface area contributed by atoms with E-state index in [1.54, 1.807) is 0 Å². The van der Waals surface area contributed by atoms with Crippen molar-refractivity contribution < 1.29 is 9.26 Å². The van der Waals surface area contributed by atoms with Gasteiger partial charge in [0.15, 0.2) is 5.82 Å². The fraction of sp³-hybridized carbons (Fsp3) is 0.312. The lowest BCUT2D eigenvalue weighted by atomic mass is 10.1. The van der Waals surface area contributed by atoms with Crippen LogP contribution in [0.5, 0.6) is 0 Å². The summed E-state index contributed by atoms with van der Waals surface area (Å²) >= 11 is 0. The Morgan fingerprint density at radius 2 is 2.10 bits per heavy atom. The van der Waals surface area contributed by atoms with Crippen molar-refractivity contribution in [1.82, 2.24) is 15.1 Å². The third-order valence-electron chi connectivity index (χ3n) is 3.81. The largest absolute Gasteiger partial charge is 0.381 e. The summed E-state index contributed by atoms with van der Waals surface area (Å²) in [6, 6.07) is 9.98. The molecule has 1 saturated heterocycles. The topological polar surface area (TPSA) is 61.0 Å². The van der Waals surface area contributed by atoms with Crippen LogP contribution in [-0.2, 0) is 4.74 Å². The SMILES string of the molecule is Cc1cc(-c2nc([C@@H]3CCOC3)no2)c2ccccc2n1. The molecule has 1 aliphatic rings. The molecule has 0 amide bonds. The van der Waals surface area contributed by atoms with Crippen LogP contribution in [0.2, 0.25) is 0 Å². The first-order valence-corrected chi connectivity index (χ1v) is 7.09. The maximum absolute atomic E-state index is 5.48. The Morgan fingerprint density at radius 3 is 2.95 bits per heavy atom. The average molecular weight is 281 g/mol. The second-order valence-electron chi connectivity index (χ2n) is 5.35. The number of aromatic nitrogens is 3. The number of para-hydroxylation sites is 1. The number of hydrogen-bond acceptors (Lipinski definition) is 5. The summed E-state index contributed by atoms with van der Waals surface area (Å²) < 4.78 is 10.9. The van der Waals surface area contributed by atoms with Crippen LogP contribution in [0.15, 0.2) is 34.9 Å². The molecular formula is C16H15N3O2. The monoisotopic (exact) mass is 281 g/mol. The lowest BCUT2D eigenvalue weighted by molar-refractivity contribution is 0.192. The molecule has 5 heteroatoms. The van der Waals surface area contributed by atoms with E-state index < -0.39 is 0 Å². The van der Waals surface area contributed by atoms with E-state index in [1.807, 2.05) is 37.3 Å². The van der Waals surface area contributed by atoms with Gasteiger partial charge in [0.25, 0.3) is 5.89 Å². The summed E-state index contributed by atoms with van der Waals surface area (Å²) in [6.07, 6.45) is 0.953. The van der Waals surface area contributed by atoms with Crippen molar-refractivity contribution in [1.29, 1.82) is 0 Å². The van der Waals surface area contributed by atoms with Gasteiger partial charge in [-0.05, 0) is 25.5 Å². The summed E-state index contributed by atoms with van der Waals surface area (Å²) in [5.74, 6) is 1.54. The van der Waals surface area contributed by atoms with Crippen molar-refractivity contribution in [3.63, 3.8) is 0 Å². The van der Waals surface area contributed by atoms with Gasteiger partial charge in [0.05, 0.1) is 17.7 Å². The maximum atomic E-state index is 5.48. The van der Waals surface area contributed by atoms with Crippen LogP contribution in [-0.4, -0.2) is 28.3 Å². The first-order chi connectivity index (χ1) is 10.3. The fourth-order valence-electron chi connectivity index (χ4n) is 2.73. The number of aryl methyl sites for hydroxylation is 1. The Bertz CT molecular complexity index is 791. The number of pyridine rings is 1. The molecule has 0 spiro atoms. The van der Waals surface area contributed by atoms with Gasteiger partial charge in [-0.3, -0.25) is 4.98 Å². The number of ether oxygens (including phenoxy) is 1. The van der Waals surface area contributed by atoms with E-state index in [9.17, 15) is 0 Å². The van der Waals surface area contributed by atoms with Crippen molar-refractivity contribution >= 4 is 10.9 Å². The molecule has 3 heterocycles. The zero-order valence-corrected chi connectivity index (χ0v) is 11.7. The summed E-state index contributed by atoms with van der Waals surface area (Å²) in [6.45, 7) is 3.42. The quantitative estimate of drug-likeness (QED) is 0.722. The molecule has 0 bridgehead atoms. The van der Waals surface area contributed by atoms with E-state index in [2.05, 4.69) is 15.1 Å². The number of hydrogen-bond donors (Lipinski definition) is 0. The Hall–Kier alpha value is -2.27. The highest BCUT2D eigenvalue weighted by atomic mass is 16.5. The van der Waals surface area contributed by atoms with Crippen molar-refractivity contribution in [2.24, 2.45) is 0 Å². The molecule has 1 aromatic carbocycles. The zero-order chi connectivity index (χ0) is 14.2. The molecule has 3 aromatic rings. The Labute approximate surface area is 122 Å². The van der Waals surface area contributed by atoms with Gasteiger partial charge < -0.3 is 9.26 Å². The normalized spacial score (nSPS) is 18.4. The zero-order valence-electron chi connectivity index (χ0n) is 11.7. The minimum absolute atomic E-state index is 0.247. The highest BCUT2D eigenvalue weighted by Gasteiger charge is 2.24. The molecule has 21 heavy (non-hydrogen) atoms. The lowest BCUT2D eigenvalue weighted by Gasteiger charge is -2.03. The molecule has 0 saturated carbocycles. The summed E-state index contributed by atoms with van der Waals surface area (Å²) in [5.41, 5.74) is 2.82. The van der Waals surface area contributed by atoms with Crippen LogP contribution in [0.3, 0.4) is 0 Å². The van der Waals surface area contributed by atoms with Crippen LogP contribution in [0.4, 0.5) is 0 Å². The Kier molecular flexibility index (Phi) is 2.93. The summed E-state index contributed by atoms with van der Waals surface area (Å²) in [4.78, 5) is 9.10. The molecule has 5 nitrogen and oxygen atoms in total. The van der Waals surface area contributed by atoms with Crippen LogP contribution in [0.25, 0.3) is 22.4 Å². The minimum Gasteiger partial charge on any atom is -0.381 e. The molecule has 4 rings (SSSR count). The molecule has 0 unspecified atom stereocenters. The number of nitrogens with zero attached hydrogens (tertiary/aromatic N) is 3. The van der Waals surface area contributed by atoms with E-state index in [0.717, 1.165) is 41.0 Å². The first kappa shape index (κ1) is 12.5. The van der Waals surface area contributed by atoms with E-state index in [4.69, 9.17) is 9.26 Å². The van der Waals surface area contributed by atoms with Crippen molar-refractivity contribution in [2.75, 3.05) is 13.2 Å².